The minimum absolute atomic E-state index is 0.915. The van der Waals surface area contributed by atoms with Crippen LogP contribution in [0.4, 0.5) is 0 Å². The van der Waals surface area contributed by atoms with Gasteiger partial charge in [0, 0.05) is 23.4 Å². The molecule has 0 unspecified atom stereocenters. The first-order valence-electron chi connectivity index (χ1n) is 7.25. The van der Waals surface area contributed by atoms with E-state index in [1.807, 2.05) is 0 Å². The smallest absolute Gasteiger partial charge is 0.168 e. The van der Waals surface area contributed by atoms with Gasteiger partial charge in [-0.25, -0.2) is 9.97 Å². The third-order valence-electron chi connectivity index (χ3n) is 3.41. The lowest BCUT2D eigenvalue weighted by atomic mass is 10.3. The Labute approximate surface area is 129 Å². The van der Waals surface area contributed by atoms with E-state index in [4.69, 9.17) is 4.98 Å². The Morgan fingerprint density at radius 1 is 1.25 bits per heavy atom. The topological polar surface area (TPSA) is 30.7 Å². The third kappa shape index (κ3) is 3.64. The molecule has 0 radical (unpaired) electrons. The Morgan fingerprint density at radius 3 is 2.70 bits per heavy atom. The molecule has 0 aromatic carbocycles. The van der Waals surface area contributed by atoms with Gasteiger partial charge in [0.05, 0.1) is 16.4 Å². The predicted octanol–water partition coefficient (Wildman–Crippen LogP) is 4.61. The van der Waals surface area contributed by atoms with Crippen LogP contribution < -0.4 is 0 Å². The molecule has 110 valence electrons. The summed E-state index contributed by atoms with van der Waals surface area (Å²) < 4.78 is 2.36. The fourth-order valence-corrected chi connectivity index (χ4v) is 3.89. The predicted molar refractivity (Wildman–Crippen MR) is 87.7 cm³/mol. The molecule has 3 nitrogen and oxygen atoms in total. The van der Waals surface area contributed by atoms with Crippen molar-refractivity contribution in [3.8, 4) is 0 Å². The van der Waals surface area contributed by atoms with Crippen LogP contribution in [0, 0.1) is 13.8 Å². The molecule has 2 heterocycles. The Bertz CT molecular complexity index is 557. The normalized spacial score (nSPS) is 11.2. The molecule has 0 bridgehead atoms. The van der Waals surface area contributed by atoms with Gasteiger partial charge in [-0.1, -0.05) is 32.0 Å². The van der Waals surface area contributed by atoms with Crippen molar-refractivity contribution in [2.75, 3.05) is 0 Å². The molecule has 0 atom stereocenters. The van der Waals surface area contributed by atoms with Gasteiger partial charge in [-0.15, -0.1) is 11.3 Å². The van der Waals surface area contributed by atoms with Crippen molar-refractivity contribution in [1.29, 1.82) is 0 Å². The lowest BCUT2D eigenvalue weighted by Crippen LogP contribution is -2.02. The molecule has 0 aliphatic carbocycles. The fraction of sp³-hybridized carbons (Fsp3) is 0.600. The van der Waals surface area contributed by atoms with Crippen molar-refractivity contribution >= 4 is 23.1 Å². The SMILES string of the molecule is CCCCn1c(SCc2csc(CC)n2)nc(C)c1C. The van der Waals surface area contributed by atoms with Crippen molar-refractivity contribution < 1.29 is 0 Å². The number of aromatic nitrogens is 3. The van der Waals surface area contributed by atoms with Crippen LogP contribution >= 0.6 is 23.1 Å². The highest BCUT2D eigenvalue weighted by Gasteiger charge is 2.12. The van der Waals surface area contributed by atoms with Crippen LogP contribution in [0.3, 0.4) is 0 Å². The quantitative estimate of drug-likeness (QED) is 0.700. The number of rotatable bonds is 7. The number of thiazole rings is 1. The van der Waals surface area contributed by atoms with E-state index in [-0.39, 0.29) is 0 Å². The van der Waals surface area contributed by atoms with Gasteiger partial charge in [0.15, 0.2) is 5.16 Å². The molecule has 0 saturated carbocycles. The third-order valence-corrected chi connectivity index (χ3v) is 5.46. The van der Waals surface area contributed by atoms with Gasteiger partial charge in [0.25, 0.3) is 0 Å². The number of hydrogen-bond donors (Lipinski definition) is 0. The van der Waals surface area contributed by atoms with E-state index in [9.17, 15) is 0 Å². The molecule has 2 aromatic heterocycles. The summed E-state index contributed by atoms with van der Waals surface area (Å²) in [5.41, 5.74) is 3.63. The maximum Gasteiger partial charge on any atom is 0.168 e. The number of hydrogen-bond acceptors (Lipinski definition) is 4. The Balaban J connectivity index is 2.06. The zero-order valence-corrected chi connectivity index (χ0v) is 14.4. The molecule has 5 heteroatoms. The average molecular weight is 310 g/mol. The summed E-state index contributed by atoms with van der Waals surface area (Å²) in [7, 11) is 0. The maximum absolute atomic E-state index is 4.71. The number of thioether (sulfide) groups is 1. The first kappa shape index (κ1) is 15.6. The van der Waals surface area contributed by atoms with Crippen molar-refractivity contribution in [2.45, 2.75) is 64.4 Å². The van der Waals surface area contributed by atoms with Gasteiger partial charge in [0.1, 0.15) is 0 Å². The number of imidazole rings is 1. The summed E-state index contributed by atoms with van der Waals surface area (Å²) in [6.07, 6.45) is 3.45. The van der Waals surface area contributed by atoms with E-state index in [0.29, 0.717) is 0 Å². The van der Waals surface area contributed by atoms with Crippen LogP contribution in [-0.2, 0) is 18.7 Å². The molecule has 20 heavy (non-hydrogen) atoms. The highest BCUT2D eigenvalue weighted by molar-refractivity contribution is 7.98. The van der Waals surface area contributed by atoms with E-state index >= 15 is 0 Å². The summed E-state index contributed by atoms with van der Waals surface area (Å²) in [5.74, 6) is 0.915. The van der Waals surface area contributed by atoms with E-state index in [2.05, 4.69) is 42.6 Å². The fourth-order valence-electron chi connectivity index (χ4n) is 2.03. The van der Waals surface area contributed by atoms with Crippen LogP contribution in [0.15, 0.2) is 10.5 Å². The zero-order valence-electron chi connectivity index (χ0n) is 12.8. The highest BCUT2D eigenvalue weighted by atomic mass is 32.2. The average Bonchev–Trinajstić information content (AvgIpc) is 3.01. The van der Waals surface area contributed by atoms with Gasteiger partial charge in [-0.2, -0.15) is 0 Å². The van der Waals surface area contributed by atoms with E-state index in [1.54, 1.807) is 23.1 Å². The number of unbranched alkanes of at least 4 members (excludes halogenated alkanes) is 1. The van der Waals surface area contributed by atoms with Crippen LogP contribution in [0.2, 0.25) is 0 Å². The van der Waals surface area contributed by atoms with E-state index < -0.39 is 0 Å². The number of aryl methyl sites for hydroxylation is 2. The van der Waals surface area contributed by atoms with Crippen molar-refractivity contribution in [3.05, 3.63) is 27.5 Å². The van der Waals surface area contributed by atoms with Crippen molar-refractivity contribution in [3.63, 3.8) is 0 Å². The summed E-state index contributed by atoms with van der Waals surface area (Å²) in [5, 5.41) is 4.53. The lowest BCUT2D eigenvalue weighted by molar-refractivity contribution is 0.575. The van der Waals surface area contributed by atoms with E-state index in [1.165, 1.54) is 29.2 Å². The summed E-state index contributed by atoms with van der Waals surface area (Å²) >= 11 is 3.56. The molecule has 0 saturated heterocycles. The Kier molecular flexibility index (Phi) is 5.66. The van der Waals surface area contributed by atoms with E-state index in [0.717, 1.165) is 29.6 Å². The molecule has 0 N–H and O–H groups in total. The van der Waals surface area contributed by atoms with Gasteiger partial charge >= 0.3 is 0 Å². The van der Waals surface area contributed by atoms with Gasteiger partial charge in [-0.3, -0.25) is 0 Å². The summed E-state index contributed by atoms with van der Waals surface area (Å²) in [6.45, 7) is 9.72. The first-order valence-corrected chi connectivity index (χ1v) is 9.12. The van der Waals surface area contributed by atoms with Crippen molar-refractivity contribution in [1.82, 2.24) is 14.5 Å². The second-order valence-electron chi connectivity index (χ2n) is 4.95. The second kappa shape index (κ2) is 7.27. The first-order chi connectivity index (χ1) is 9.65. The molecule has 2 rings (SSSR count). The molecule has 2 aromatic rings. The lowest BCUT2D eigenvalue weighted by Gasteiger charge is -2.08. The zero-order chi connectivity index (χ0) is 14.5. The van der Waals surface area contributed by atoms with Crippen LogP contribution in [0.5, 0.6) is 0 Å². The van der Waals surface area contributed by atoms with Crippen LogP contribution in [0.25, 0.3) is 0 Å². The molecule has 0 aliphatic heterocycles. The molecule has 0 spiro atoms. The molecule has 0 fully saturated rings. The minimum Gasteiger partial charge on any atom is -0.323 e. The monoisotopic (exact) mass is 309 g/mol. The molecular weight excluding hydrogens is 286 g/mol. The summed E-state index contributed by atoms with van der Waals surface area (Å²) in [4.78, 5) is 9.33. The van der Waals surface area contributed by atoms with Crippen molar-refractivity contribution in [2.24, 2.45) is 0 Å². The Morgan fingerprint density at radius 2 is 2.05 bits per heavy atom. The van der Waals surface area contributed by atoms with Gasteiger partial charge in [-0.05, 0) is 26.7 Å². The molecule has 0 aliphatic rings. The van der Waals surface area contributed by atoms with Crippen LogP contribution in [0.1, 0.15) is 48.8 Å². The molecule has 0 amide bonds. The largest absolute Gasteiger partial charge is 0.323 e. The second-order valence-corrected chi connectivity index (χ2v) is 6.83. The highest BCUT2D eigenvalue weighted by Crippen LogP contribution is 2.26. The van der Waals surface area contributed by atoms with Crippen LogP contribution in [-0.4, -0.2) is 14.5 Å². The standard InChI is InChI=1S/C15H23N3S2/c1-5-7-8-18-12(4)11(3)16-15(18)20-10-13-9-19-14(6-2)17-13/h9H,5-8,10H2,1-4H3. The minimum atomic E-state index is 0.915. The maximum atomic E-state index is 4.71. The number of nitrogens with zero attached hydrogens (tertiary/aromatic N) is 3. The summed E-state index contributed by atoms with van der Waals surface area (Å²) in [6, 6.07) is 0. The Hall–Kier alpha value is -0.810. The molecular formula is C15H23N3S2. The van der Waals surface area contributed by atoms with Gasteiger partial charge < -0.3 is 4.57 Å². The van der Waals surface area contributed by atoms with Gasteiger partial charge in [0.2, 0.25) is 0 Å².